The number of nitrogens with two attached hydrogens (primary N) is 1. The quantitative estimate of drug-likeness (QED) is 0.534. The SMILES string of the molecule is Nc1ccc(OCCCCCCO)cc1. The van der Waals surface area contributed by atoms with Gasteiger partial charge < -0.3 is 15.6 Å². The molecule has 0 atom stereocenters. The van der Waals surface area contributed by atoms with E-state index in [-0.39, 0.29) is 0 Å². The number of rotatable bonds is 7. The molecule has 15 heavy (non-hydrogen) atoms. The van der Waals surface area contributed by atoms with Gasteiger partial charge in [0.25, 0.3) is 0 Å². The molecule has 0 bridgehead atoms. The van der Waals surface area contributed by atoms with E-state index in [1.165, 1.54) is 0 Å². The van der Waals surface area contributed by atoms with E-state index in [0.717, 1.165) is 43.7 Å². The van der Waals surface area contributed by atoms with Gasteiger partial charge in [-0.05, 0) is 43.5 Å². The number of unbranched alkanes of at least 4 members (excludes halogenated alkanes) is 3. The van der Waals surface area contributed by atoms with Crippen molar-refractivity contribution in [2.24, 2.45) is 0 Å². The van der Waals surface area contributed by atoms with Crippen molar-refractivity contribution in [1.29, 1.82) is 0 Å². The molecule has 0 radical (unpaired) electrons. The third-order valence-electron chi connectivity index (χ3n) is 2.20. The summed E-state index contributed by atoms with van der Waals surface area (Å²) in [6.45, 7) is 1.02. The molecule has 0 heterocycles. The summed E-state index contributed by atoms with van der Waals surface area (Å²) < 4.78 is 5.52. The minimum atomic E-state index is 0.290. The minimum absolute atomic E-state index is 0.290. The first-order valence-corrected chi connectivity index (χ1v) is 5.42. The van der Waals surface area contributed by atoms with Gasteiger partial charge in [-0.25, -0.2) is 0 Å². The van der Waals surface area contributed by atoms with E-state index >= 15 is 0 Å². The van der Waals surface area contributed by atoms with Gasteiger partial charge in [-0.1, -0.05) is 6.42 Å². The molecule has 0 fully saturated rings. The van der Waals surface area contributed by atoms with E-state index in [4.69, 9.17) is 15.6 Å². The lowest BCUT2D eigenvalue weighted by Gasteiger charge is -2.05. The first-order valence-electron chi connectivity index (χ1n) is 5.42. The summed E-state index contributed by atoms with van der Waals surface area (Å²) in [6.07, 6.45) is 4.10. The predicted octanol–water partition coefficient (Wildman–Crippen LogP) is 2.20. The van der Waals surface area contributed by atoms with Gasteiger partial charge in [0.2, 0.25) is 0 Å². The Hall–Kier alpha value is -1.22. The van der Waals surface area contributed by atoms with Crippen molar-refractivity contribution < 1.29 is 9.84 Å². The Morgan fingerprint density at radius 3 is 2.33 bits per heavy atom. The van der Waals surface area contributed by atoms with Crippen LogP contribution in [0, 0.1) is 0 Å². The van der Waals surface area contributed by atoms with E-state index in [2.05, 4.69) is 0 Å². The second-order valence-corrected chi connectivity index (χ2v) is 3.56. The van der Waals surface area contributed by atoms with Crippen molar-refractivity contribution in [2.45, 2.75) is 25.7 Å². The highest BCUT2D eigenvalue weighted by Crippen LogP contribution is 2.13. The fourth-order valence-electron chi connectivity index (χ4n) is 1.32. The minimum Gasteiger partial charge on any atom is -0.494 e. The monoisotopic (exact) mass is 209 g/mol. The molecule has 3 N–H and O–H groups in total. The highest BCUT2D eigenvalue weighted by molar-refractivity contribution is 5.41. The number of nitrogen functional groups attached to an aromatic ring is 1. The van der Waals surface area contributed by atoms with Crippen LogP contribution in [0.4, 0.5) is 5.69 Å². The van der Waals surface area contributed by atoms with Crippen LogP contribution in [0.1, 0.15) is 25.7 Å². The van der Waals surface area contributed by atoms with Crippen LogP contribution >= 0.6 is 0 Å². The third-order valence-corrected chi connectivity index (χ3v) is 2.20. The van der Waals surface area contributed by atoms with Crippen molar-refractivity contribution in [2.75, 3.05) is 18.9 Å². The molecule has 0 saturated heterocycles. The van der Waals surface area contributed by atoms with Crippen molar-refractivity contribution >= 4 is 5.69 Å². The molecule has 0 aliphatic carbocycles. The van der Waals surface area contributed by atoms with Crippen LogP contribution in [0.15, 0.2) is 24.3 Å². The Balaban J connectivity index is 2.07. The van der Waals surface area contributed by atoms with Crippen molar-refractivity contribution in [3.05, 3.63) is 24.3 Å². The van der Waals surface area contributed by atoms with Gasteiger partial charge in [0, 0.05) is 12.3 Å². The summed E-state index contributed by atoms with van der Waals surface area (Å²) in [5.74, 6) is 0.867. The summed E-state index contributed by atoms with van der Waals surface area (Å²) in [4.78, 5) is 0. The maximum absolute atomic E-state index is 8.58. The molecule has 1 aromatic carbocycles. The van der Waals surface area contributed by atoms with Crippen LogP contribution in [-0.4, -0.2) is 18.3 Å². The molecule has 3 heteroatoms. The van der Waals surface area contributed by atoms with E-state index in [0.29, 0.717) is 6.61 Å². The first-order chi connectivity index (χ1) is 7.33. The van der Waals surface area contributed by atoms with E-state index in [1.807, 2.05) is 24.3 Å². The van der Waals surface area contributed by atoms with Crippen LogP contribution < -0.4 is 10.5 Å². The maximum Gasteiger partial charge on any atom is 0.119 e. The van der Waals surface area contributed by atoms with Crippen LogP contribution in [0.5, 0.6) is 5.75 Å². The van der Waals surface area contributed by atoms with Gasteiger partial charge in [0.05, 0.1) is 6.61 Å². The molecule has 0 saturated carbocycles. The topological polar surface area (TPSA) is 55.5 Å². The summed E-state index contributed by atoms with van der Waals surface area (Å²) in [5, 5.41) is 8.58. The predicted molar refractivity (Wildman–Crippen MR) is 61.9 cm³/mol. The molecule has 0 spiro atoms. The number of aliphatic hydroxyl groups excluding tert-OH is 1. The molecular formula is C12H19NO2. The summed E-state index contributed by atoms with van der Waals surface area (Å²) in [6, 6.07) is 7.42. The van der Waals surface area contributed by atoms with Crippen LogP contribution in [0.3, 0.4) is 0 Å². The summed E-state index contributed by atoms with van der Waals surface area (Å²) >= 11 is 0. The first kappa shape index (κ1) is 11.9. The zero-order chi connectivity index (χ0) is 10.9. The molecule has 0 aliphatic heterocycles. The lowest BCUT2D eigenvalue weighted by molar-refractivity contribution is 0.273. The van der Waals surface area contributed by atoms with Gasteiger partial charge in [-0.3, -0.25) is 0 Å². The average molecular weight is 209 g/mol. The largest absolute Gasteiger partial charge is 0.494 e. The van der Waals surface area contributed by atoms with Crippen LogP contribution in [0.25, 0.3) is 0 Å². The van der Waals surface area contributed by atoms with Gasteiger partial charge in [0.1, 0.15) is 5.75 Å². The summed E-state index contributed by atoms with van der Waals surface area (Å²) in [5.41, 5.74) is 6.31. The third kappa shape index (κ3) is 5.27. The second-order valence-electron chi connectivity index (χ2n) is 3.56. The molecule has 0 amide bonds. The highest BCUT2D eigenvalue weighted by atomic mass is 16.5. The number of benzene rings is 1. The van der Waals surface area contributed by atoms with Gasteiger partial charge in [-0.15, -0.1) is 0 Å². The van der Waals surface area contributed by atoms with Crippen LogP contribution in [0.2, 0.25) is 0 Å². The lowest BCUT2D eigenvalue weighted by atomic mass is 10.2. The Morgan fingerprint density at radius 1 is 1.00 bits per heavy atom. The van der Waals surface area contributed by atoms with E-state index in [9.17, 15) is 0 Å². The number of anilines is 1. The Morgan fingerprint density at radius 2 is 1.67 bits per heavy atom. The Labute approximate surface area is 90.9 Å². The zero-order valence-corrected chi connectivity index (χ0v) is 8.98. The molecule has 0 unspecified atom stereocenters. The molecule has 0 aliphatic rings. The number of hydrogen-bond donors (Lipinski definition) is 2. The molecule has 84 valence electrons. The lowest BCUT2D eigenvalue weighted by Crippen LogP contribution is -1.97. The Bertz CT molecular complexity index is 259. The molecule has 3 nitrogen and oxygen atoms in total. The van der Waals surface area contributed by atoms with Crippen LogP contribution in [-0.2, 0) is 0 Å². The highest BCUT2D eigenvalue weighted by Gasteiger charge is 1.93. The van der Waals surface area contributed by atoms with Gasteiger partial charge >= 0.3 is 0 Å². The van der Waals surface area contributed by atoms with Crippen molar-refractivity contribution in [3.8, 4) is 5.75 Å². The van der Waals surface area contributed by atoms with Crippen molar-refractivity contribution in [3.63, 3.8) is 0 Å². The Kier molecular flexibility index (Phi) is 5.63. The molecule has 0 aromatic heterocycles. The normalized spacial score (nSPS) is 10.2. The fourth-order valence-corrected chi connectivity index (χ4v) is 1.32. The zero-order valence-electron chi connectivity index (χ0n) is 8.98. The average Bonchev–Trinajstić information content (AvgIpc) is 2.26. The maximum atomic E-state index is 8.58. The van der Waals surface area contributed by atoms with E-state index in [1.54, 1.807) is 0 Å². The number of ether oxygens (including phenoxy) is 1. The standard InChI is InChI=1S/C12H19NO2/c13-11-5-7-12(8-6-11)15-10-4-2-1-3-9-14/h5-8,14H,1-4,9-10,13H2. The molecule has 1 aromatic rings. The number of aliphatic hydroxyl groups is 1. The van der Waals surface area contributed by atoms with Gasteiger partial charge in [0.15, 0.2) is 0 Å². The van der Waals surface area contributed by atoms with Gasteiger partial charge in [-0.2, -0.15) is 0 Å². The smallest absolute Gasteiger partial charge is 0.119 e. The fraction of sp³-hybridized carbons (Fsp3) is 0.500. The van der Waals surface area contributed by atoms with E-state index < -0.39 is 0 Å². The second kappa shape index (κ2) is 7.12. The molecule has 1 rings (SSSR count). The van der Waals surface area contributed by atoms with Crippen molar-refractivity contribution in [1.82, 2.24) is 0 Å². The molecular weight excluding hydrogens is 190 g/mol. The number of hydrogen-bond acceptors (Lipinski definition) is 3. The summed E-state index contributed by atoms with van der Waals surface area (Å²) in [7, 11) is 0.